The van der Waals surface area contributed by atoms with E-state index in [1.165, 1.54) is 0 Å². The van der Waals surface area contributed by atoms with Crippen molar-refractivity contribution < 1.29 is 9.26 Å². The zero-order chi connectivity index (χ0) is 18.6. The number of halogens is 1. The number of thiazole rings is 1. The Morgan fingerprint density at radius 3 is 2.86 bits per heavy atom. The molecule has 1 saturated heterocycles. The molecule has 3 aromatic rings. The third-order valence-corrected chi connectivity index (χ3v) is 5.44. The minimum Gasteiger partial charge on any atom is -0.494 e. The van der Waals surface area contributed by atoms with E-state index in [1.54, 1.807) is 11.3 Å². The molecule has 1 aromatic carbocycles. The number of nitrogens with zero attached hydrogens (tertiary/aromatic N) is 4. The maximum absolute atomic E-state index is 5.63. The minimum atomic E-state index is 0. The van der Waals surface area contributed by atoms with E-state index in [2.05, 4.69) is 39.3 Å². The van der Waals surface area contributed by atoms with Gasteiger partial charge in [0.1, 0.15) is 16.5 Å². The first-order chi connectivity index (χ1) is 13.2. The summed E-state index contributed by atoms with van der Waals surface area (Å²) in [5, 5.41) is 10.4. The van der Waals surface area contributed by atoms with Crippen LogP contribution in [0.2, 0.25) is 0 Å². The predicted octanol–water partition coefficient (Wildman–Crippen LogP) is 3.65. The Bertz CT molecular complexity index is 883. The van der Waals surface area contributed by atoms with Gasteiger partial charge in [-0.05, 0) is 37.7 Å². The van der Waals surface area contributed by atoms with Crippen molar-refractivity contribution >= 4 is 23.7 Å². The van der Waals surface area contributed by atoms with Crippen molar-refractivity contribution in [1.29, 1.82) is 0 Å². The molecule has 1 aliphatic heterocycles. The van der Waals surface area contributed by atoms with Gasteiger partial charge < -0.3 is 14.6 Å². The van der Waals surface area contributed by atoms with Crippen LogP contribution in [0.3, 0.4) is 0 Å². The summed E-state index contributed by atoms with van der Waals surface area (Å²) in [5.41, 5.74) is 1.76. The number of hydrogen-bond acceptors (Lipinski definition) is 8. The number of nitrogens with one attached hydrogen (secondary N) is 1. The van der Waals surface area contributed by atoms with E-state index in [0.717, 1.165) is 49.0 Å². The van der Waals surface area contributed by atoms with Crippen molar-refractivity contribution in [3.05, 3.63) is 35.5 Å². The van der Waals surface area contributed by atoms with Crippen LogP contribution in [-0.2, 0) is 0 Å². The van der Waals surface area contributed by atoms with Gasteiger partial charge in [0.15, 0.2) is 5.82 Å². The molecule has 0 spiro atoms. The van der Waals surface area contributed by atoms with Crippen molar-refractivity contribution in [2.24, 2.45) is 0 Å². The molecule has 1 aliphatic rings. The lowest BCUT2D eigenvalue weighted by molar-refractivity contribution is 0.190. The van der Waals surface area contributed by atoms with Gasteiger partial charge >= 0.3 is 0 Å². The fourth-order valence-corrected chi connectivity index (χ4v) is 3.79. The van der Waals surface area contributed by atoms with E-state index in [4.69, 9.17) is 9.26 Å². The van der Waals surface area contributed by atoms with Gasteiger partial charge in [-0.3, -0.25) is 4.90 Å². The summed E-state index contributed by atoms with van der Waals surface area (Å²) < 4.78 is 11.1. The van der Waals surface area contributed by atoms with Gasteiger partial charge in [-0.1, -0.05) is 12.1 Å². The van der Waals surface area contributed by atoms with Crippen molar-refractivity contribution in [2.75, 3.05) is 33.3 Å². The zero-order valence-electron chi connectivity index (χ0n) is 15.9. The SMILES string of the molecule is CCCOc1ccc(-c2nc(-c3nc(C4CNCCN4C)no3)cs2)cc1.Cl. The first kappa shape index (κ1) is 20.7. The molecule has 0 saturated carbocycles. The normalized spacial score (nSPS) is 17.3. The second-order valence-corrected chi connectivity index (χ2v) is 7.43. The van der Waals surface area contributed by atoms with E-state index in [9.17, 15) is 0 Å². The molecule has 0 radical (unpaired) electrons. The maximum Gasteiger partial charge on any atom is 0.277 e. The lowest BCUT2D eigenvalue weighted by atomic mass is 10.2. The fraction of sp³-hybridized carbons (Fsp3) is 0.421. The van der Waals surface area contributed by atoms with E-state index < -0.39 is 0 Å². The summed E-state index contributed by atoms with van der Waals surface area (Å²) in [6.07, 6.45) is 0.997. The summed E-state index contributed by atoms with van der Waals surface area (Å²) in [7, 11) is 2.08. The van der Waals surface area contributed by atoms with E-state index >= 15 is 0 Å². The Labute approximate surface area is 174 Å². The average Bonchev–Trinajstić information content (AvgIpc) is 3.37. The van der Waals surface area contributed by atoms with Crippen LogP contribution < -0.4 is 10.1 Å². The van der Waals surface area contributed by atoms with Gasteiger partial charge in [0.05, 0.1) is 12.6 Å². The van der Waals surface area contributed by atoms with E-state index in [-0.39, 0.29) is 18.4 Å². The summed E-state index contributed by atoms with van der Waals surface area (Å²) in [6.45, 7) is 5.59. The monoisotopic (exact) mass is 421 g/mol. The highest BCUT2D eigenvalue weighted by molar-refractivity contribution is 7.13. The van der Waals surface area contributed by atoms with Gasteiger partial charge in [-0.25, -0.2) is 4.98 Å². The molecule has 0 bridgehead atoms. The van der Waals surface area contributed by atoms with Crippen LogP contribution >= 0.6 is 23.7 Å². The van der Waals surface area contributed by atoms with Crippen molar-refractivity contribution in [2.45, 2.75) is 19.4 Å². The highest BCUT2D eigenvalue weighted by Gasteiger charge is 2.26. The molecule has 0 amide bonds. The van der Waals surface area contributed by atoms with Gasteiger partial charge in [0.25, 0.3) is 5.89 Å². The van der Waals surface area contributed by atoms with E-state index in [0.29, 0.717) is 17.4 Å². The molecule has 1 fully saturated rings. The minimum absolute atomic E-state index is 0. The second kappa shape index (κ2) is 9.47. The summed E-state index contributed by atoms with van der Waals surface area (Å²) >= 11 is 1.56. The topological polar surface area (TPSA) is 76.3 Å². The molecule has 1 N–H and O–H groups in total. The molecule has 2 aromatic heterocycles. The summed E-state index contributed by atoms with van der Waals surface area (Å²) in [4.78, 5) is 11.5. The standard InChI is InChI=1S/C19H23N5O2S.ClH/c1-3-10-25-14-6-4-13(5-7-14)19-21-15(12-27-19)18-22-17(23-26-18)16-11-20-8-9-24(16)2;/h4-7,12,16,20H,3,8-11H2,1-2H3;1H. The lowest BCUT2D eigenvalue weighted by Gasteiger charge is -2.30. The van der Waals surface area contributed by atoms with Crippen molar-refractivity contribution in [3.63, 3.8) is 0 Å². The van der Waals surface area contributed by atoms with Gasteiger partial charge in [-0.15, -0.1) is 23.7 Å². The Kier molecular flexibility index (Phi) is 7.01. The Hall–Kier alpha value is -2.00. The molecule has 9 heteroatoms. The van der Waals surface area contributed by atoms with Crippen LogP contribution in [0, 0.1) is 0 Å². The second-order valence-electron chi connectivity index (χ2n) is 6.57. The van der Waals surface area contributed by atoms with Crippen molar-refractivity contribution in [1.82, 2.24) is 25.3 Å². The molecule has 3 heterocycles. The molecule has 150 valence electrons. The number of aromatic nitrogens is 3. The molecule has 7 nitrogen and oxygen atoms in total. The number of piperazine rings is 1. The summed E-state index contributed by atoms with van der Waals surface area (Å²) in [6, 6.07) is 8.13. The van der Waals surface area contributed by atoms with Gasteiger partial charge in [-0.2, -0.15) is 4.98 Å². The van der Waals surface area contributed by atoms with Crippen molar-refractivity contribution in [3.8, 4) is 27.9 Å². The first-order valence-electron chi connectivity index (χ1n) is 9.18. The van der Waals surface area contributed by atoms with Crippen LogP contribution in [0.15, 0.2) is 34.2 Å². The molecular formula is C19H24ClN5O2S. The number of hydrogen-bond donors (Lipinski definition) is 1. The van der Waals surface area contributed by atoms with Gasteiger partial charge in [0, 0.05) is 30.6 Å². The van der Waals surface area contributed by atoms with Crippen LogP contribution in [-0.4, -0.2) is 53.3 Å². The third kappa shape index (κ3) is 4.52. The predicted molar refractivity (Wildman–Crippen MR) is 112 cm³/mol. The third-order valence-electron chi connectivity index (χ3n) is 4.55. The number of ether oxygens (including phenoxy) is 1. The van der Waals surface area contributed by atoms with Crippen LogP contribution in [0.4, 0.5) is 0 Å². The Morgan fingerprint density at radius 2 is 2.11 bits per heavy atom. The summed E-state index contributed by atoms with van der Waals surface area (Å²) in [5.74, 6) is 2.05. The van der Waals surface area contributed by atoms with E-state index in [1.807, 2.05) is 29.6 Å². The number of benzene rings is 1. The van der Waals surface area contributed by atoms with Gasteiger partial charge in [0.2, 0.25) is 0 Å². The molecule has 0 aliphatic carbocycles. The molecule has 28 heavy (non-hydrogen) atoms. The molecule has 1 unspecified atom stereocenters. The van der Waals surface area contributed by atoms with Crippen LogP contribution in [0.25, 0.3) is 22.2 Å². The molecule has 4 rings (SSSR count). The largest absolute Gasteiger partial charge is 0.494 e. The Balaban J connectivity index is 0.00000225. The first-order valence-corrected chi connectivity index (χ1v) is 10.1. The average molecular weight is 422 g/mol. The zero-order valence-corrected chi connectivity index (χ0v) is 17.6. The van der Waals surface area contributed by atoms with Crippen LogP contribution in [0.5, 0.6) is 5.75 Å². The lowest BCUT2D eigenvalue weighted by Crippen LogP contribution is -2.44. The quantitative estimate of drug-likeness (QED) is 0.650. The van der Waals surface area contributed by atoms with Crippen LogP contribution in [0.1, 0.15) is 25.2 Å². The number of likely N-dealkylation sites (N-methyl/N-ethyl adjacent to an activating group) is 1. The highest BCUT2D eigenvalue weighted by atomic mass is 35.5. The molecule has 1 atom stereocenters. The number of rotatable bonds is 6. The maximum atomic E-state index is 5.63. The molecular weight excluding hydrogens is 398 g/mol. The smallest absolute Gasteiger partial charge is 0.277 e. The Morgan fingerprint density at radius 1 is 1.29 bits per heavy atom. The fourth-order valence-electron chi connectivity index (χ4n) is 2.99. The highest BCUT2D eigenvalue weighted by Crippen LogP contribution is 2.30.